The van der Waals surface area contributed by atoms with E-state index in [0.717, 1.165) is 24.2 Å². The van der Waals surface area contributed by atoms with Crippen LogP contribution < -0.4 is 4.74 Å². The van der Waals surface area contributed by atoms with Crippen LogP contribution in [0.5, 0.6) is 5.75 Å². The van der Waals surface area contributed by atoms with Crippen LogP contribution in [0, 0.1) is 12.7 Å². The average Bonchev–Trinajstić information content (AvgIpc) is 2.18. The van der Waals surface area contributed by atoms with Gasteiger partial charge in [-0.2, -0.15) is 12.6 Å². The van der Waals surface area contributed by atoms with Crippen molar-refractivity contribution in [1.82, 2.24) is 0 Å². The zero-order valence-electron chi connectivity index (χ0n) is 8.29. The zero-order chi connectivity index (χ0) is 10.4. The van der Waals surface area contributed by atoms with Crippen LogP contribution >= 0.6 is 12.6 Å². The van der Waals surface area contributed by atoms with E-state index in [-0.39, 0.29) is 5.82 Å². The lowest BCUT2D eigenvalue weighted by Gasteiger charge is -2.08. The number of thiol groups is 1. The fourth-order valence-corrected chi connectivity index (χ4v) is 1.35. The van der Waals surface area contributed by atoms with Crippen LogP contribution in [-0.4, -0.2) is 12.4 Å². The highest BCUT2D eigenvalue weighted by molar-refractivity contribution is 7.80. The first-order chi connectivity index (χ1) is 6.74. The van der Waals surface area contributed by atoms with Gasteiger partial charge in [-0.1, -0.05) is 6.07 Å². The van der Waals surface area contributed by atoms with Crippen LogP contribution in [0.4, 0.5) is 4.39 Å². The third kappa shape index (κ3) is 3.58. The summed E-state index contributed by atoms with van der Waals surface area (Å²) in [5.41, 5.74) is 0.970. The van der Waals surface area contributed by atoms with Crippen molar-refractivity contribution in [1.29, 1.82) is 0 Å². The minimum atomic E-state index is -0.250. The predicted molar refractivity (Wildman–Crippen MR) is 59.7 cm³/mol. The number of hydrogen-bond acceptors (Lipinski definition) is 2. The molecule has 0 radical (unpaired) electrons. The maximum absolute atomic E-state index is 12.8. The topological polar surface area (TPSA) is 9.23 Å². The minimum absolute atomic E-state index is 0.250. The van der Waals surface area contributed by atoms with Crippen LogP contribution in [-0.2, 0) is 0 Å². The molecule has 0 aliphatic carbocycles. The molecule has 0 bridgehead atoms. The van der Waals surface area contributed by atoms with Gasteiger partial charge in [0.1, 0.15) is 11.6 Å². The first kappa shape index (κ1) is 11.4. The molecular formula is C11H15FOS. The Morgan fingerprint density at radius 1 is 1.36 bits per heavy atom. The monoisotopic (exact) mass is 214 g/mol. The third-order valence-electron chi connectivity index (χ3n) is 1.96. The van der Waals surface area contributed by atoms with Gasteiger partial charge in [-0.15, -0.1) is 0 Å². The smallest absolute Gasteiger partial charge is 0.126 e. The highest BCUT2D eigenvalue weighted by atomic mass is 32.1. The lowest BCUT2D eigenvalue weighted by Crippen LogP contribution is -1.99. The van der Waals surface area contributed by atoms with E-state index in [1.54, 1.807) is 6.07 Å². The Balaban J connectivity index is 2.45. The summed E-state index contributed by atoms with van der Waals surface area (Å²) >= 11 is 4.10. The number of halogens is 1. The molecule has 0 fully saturated rings. The van der Waals surface area contributed by atoms with E-state index in [2.05, 4.69) is 12.6 Å². The normalized spacial score (nSPS) is 10.2. The van der Waals surface area contributed by atoms with Crippen molar-refractivity contribution >= 4 is 12.6 Å². The summed E-state index contributed by atoms with van der Waals surface area (Å²) < 4.78 is 18.3. The molecular weight excluding hydrogens is 199 g/mol. The maximum atomic E-state index is 12.8. The highest BCUT2D eigenvalue weighted by Crippen LogP contribution is 2.18. The second-order valence-electron chi connectivity index (χ2n) is 3.19. The highest BCUT2D eigenvalue weighted by Gasteiger charge is 2.00. The number of benzene rings is 1. The Hall–Kier alpha value is -0.700. The quantitative estimate of drug-likeness (QED) is 0.585. The molecule has 0 heterocycles. The molecule has 0 spiro atoms. The molecule has 1 rings (SSSR count). The van der Waals surface area contributed by atoms with Gasteiger partial charge in [-0.25, -0.2) is 4.39 Å². The number of ether oxygens (including phenoxy) is 1. The molecule has 1 aromatic carbocycles. The summed E-state index contributed by atoms with van der Waals surface area (Å²) in [4.78, 5) is 0. The fourth-order valence-electron chi connectivity index (χ4n) is 1.13. The van der Waals surface area contributed by atoms with E-state index in [1.165, 1.54) is 12.1 Å². The Morgan fingerprint density at radius 2 is 2.14 bits per heavy atom. The lowest BCUT2D eigenvalue weighted by molar-refractivity contribution is 0.306. The number of aryl methyl sites for hydroxylation is 1. The molecule has 0 saturated carbocycles. The van der Waals surface area contributed by atoms with Gasteiger partial charge in [0.05, 0.1) is 6.61 Å². The number of unbranched alkanes of at least 4 members (excludes halogenated alkanes) is 1. The van der Waals surface area contributed by atoms with E-state index >= 15 is 0 Å². The summed E-state index contributed by atoms with van der Waals surface area (Å²) in [6.45, 7) is 2.54. The molecule has 0 atom stereocenters. The molecule has 78 valence electrons. The van der Waals surface area contributed by atoms with Gasteiger partial charge >= 0.3 is 0 Å². The summed E-state index contributed by atoms with van der Waals surface area (Å²) in [6.07, 6.45) is 1.98. The molecule has 0 unspecified atom stereocenters. The molecule has 14 heavy (non-hydrogen) atoms. The SMILES string of the molecule is Cc1ccc(F)cc1OCCCCS. The van der Waals surface area contributed by atoms with Gasteiger partial charge in [0, 0.05) is 6.07 Å². The number of hydrogen-bond donors (Lipinski definition) is 1. The van der Waals surface area contributed by atoms with Crippen molar-refractivity contribution in [3.8, 4) is 5.75 Å². The number of rotatable bonds is 5. The average molecular weight is 214 g/mol. The van der Waals surface area contributed by atoms with Crippen LogP contribution in [0.3, 0.4) is 0 Å². The van der Waals surface area contributed by atoms with Gasteiger partial charge < -0.3 is 4.74 Å². The van der Waals surface area contributed by atoms with Crippen LogP contribution in [0.25, 0.3) is 0 Å². The third-order valence-corrected chi connectivity index (χ3v) is 2.28. The zero-order valence-corrected chi connectivity index (χ0v) is 9.19. The van der Waals surface area contributed by atoms with Crippen LogP contribution in [0.1, 0.15) is 18.4 Å². The summed E-state index contributed by atoms with van der Waals surface area (Å²) in [5, 5.41) is 0. The van der Waals surface area contributed by atoms with Crippen LogP contribution in [0.2, 0.25) is 0 Å². The molecule has 0 saturated heterocycles. The van der Waals surface area contributed by atoms with Crippen molar-refractivity contribution in [2.75, 3.05) is 12.4 Å². The molecule has 0 amide bonds. The Kier molecular flexibility index (Phi) is 4.80. The van der Waals surface area contributed by atoms with Crippen molar-refractivity contribution in [3.63, 3.8) is 0 Å². The van der Waals surface area contributed by atoms with Crippen molar-refractivity contribution < 1.29 is 9.13 Å². The van der Waals surface area contributed by atoms with Crippen molar-refractivity contribution in [2.45, 2.75) is 19.8 Å². The summed E-state index contributed by atoms with van der Waals surface area (Å²) in [6, 6.07) is 4.59. The molecule has 0 aliphatic rings. The Bertz CT molecular complexity index is 289. The first-order valence-corrected chi connectivity index (χ1v) is 5.37. The largest absolute Gasteiger partial charge is 0.493 e. The molecule has 1 aromatic rings. The minimum Gasteiger partial charge on any atom is -0.493 e. The predicted octanol–water partition coefficient (Wildman–Crippen LogP) is 3.22. The van der Waals surface area contributed by atoms with Gasteiger partial charge in [0.15, 0.2) is 0 Å². The lowest BCUT2D eigenvalue weighted by atomic mass is 10.2. The first-order valence-electron chi connectivity index (χ1n) is 4.74. The van der Waals surface area contributed by atoms with Gasteiger partial charge in [-0.3, -0.25) is 0 Å². The van der Waals surface area contributed by atoms with E-state index < -0.39 is 0 Å². The molecule has 0 aliphatic heterocycles. The van der Waals surface area contributed by atoms with E-state index in [9.17, 15) is 4.39 Å². The van der Waals surface area contributed by atoms with Gasteiger partial charge in [0.25, 0.3) is 0 Å². The standard InChI is InChI=1S/C11H15FOS/c1-9-4-5-10(12)8-11(9)13-6-2-3-7-14/h4-5,8,14H,2-3,6-7H2,1H3. The molecule has 1 nitrogen and oxygen atoms in total. The summed E-state index contributed by atoms with van der Waals surface area (Å²) in [5.74, 6) is 1.26. The van der Waals surface area contributed by atoms with Crippen LogP contribution in [0.15, 0.2) is 18.2 Å². The maximum Gasteiger partial charge on any atom is 0.126 e. The van der Waals surface area contributed by atoms with Gasteiger partial charge in [-0.05, 0) is 37.1 Å². The van der Waals surface area contributed by atoms with E-state index in [1.807, 2.05) is 6.92 Å². The molecule has 0 N–H and O–H groups in total. The Morgan fingerprint density at radius 3 is 2.86 bits per heavy atom. The van der Waals surface area contributed by atoms with Crippen molar-refractivity contribution in [2.24, 2.45) is 0 Å². The molecule has 0 aromatic heterocycles. The second kappa shape index (κ2) is 5.91. The van der Waals surface area contributed by atoms with E-state index in [0.29, 0.717) is 12.4 Å². The molecule has 3 heteroatoms. The fraction of sp³-hybridized carbons (Fsp3) is 0.455. The van der Waals surface area contributed by atoms with Gasteiger partial charge in [0.2, 0.25) is 0 Å². The van der Waals surface area contributed by atoms with E-state index in [4.69, 9.17) is 4.74 Å². The second-order valence-corrected chi connectivity index (χ2v) is 3.64. The van der Waals surface area contributed by atoms with Crippen molar-refractivity contribution in [3.05, 3.63) is 29.6 Å². The summed E-state index contributed by atoms with van der Waals surface area (Å²) in [7, 11) is 0. The Labute approximate surface area is 89.7 Å².